The monoisotopic (exact) mass is 404 g/mol. The zero-order chi connectivity index (χ0) is 21.5. The van der Waals surface area contributed by atoms with Crippen molar-refractivity contribution in [2.45, 2.75) is 12.8 Å². The molecule has 0 fully saturated rings. The summed E-state index contributed by atoms with van der Waals surface area (Å²) in [6.07, 6.45) is 1.84. The maximum Gasteiger partial charge on any atom is 0.255 e. The predicted molar refractivity (Wildman–Crippen MR) is 121 cm³/mol. The Bertz CT molecular complexity index is 980. The minimum atomic E-state index is -0.149. The smallest absolute Gasteiger partial charge is 0.255 e. The molecule has 3 aromatic carbocycles. The Morgan fingerprint density at radius 1 is 0.967 bits per heavy atom. The lowest BCUT2D eigenvalue weighted by molar-refractivity contribution is 0.102. The fourth-order valence-electron chi connectivity index (χ4n) is 3.30. The summed E-state index contributed by atoms with van der Waals surface area (Å²) >= 11 is 0. The molecule has 0 heterocycles. The molecule has 5 nitrogen and oxygen atoms in total. The summed E-state index contributed by atoms with van der Waals surface area (Å²) in [4.78, 5) is 14.9. The lowest BCUT2D eigenvalue weighted by atomic mass is 10.0. The third-order valence-corrected chi connectivity index (χ3v) is 4.94. The Morgan fingerprint density at radius 2 is 1.60 bits per heavy atom. The number of hydrogen-bond acceptors (Lipinski definition) is 4. The summed E-state index contributed by atoms with van der Waals surface area (Å²) in [6.45, 7) is 0.979. The fourth-order valence-corrected chi connectivity index (χ4v) is 3.30. The first-order valence-corrected chi connectivity index (χ1v) is 9.99. The van der Waals surface area contributed by atoms with Crippen LogP contribution in [0, 0.1) is 0 Å². The molecule has 0 radical (unpaired) electrons. The molecule has 0 unspecified atom stereocenters. The summed E-state index contributed by atoms with van der Waals surface area (Å²) in [5.41, 5.74) is 4.39. The number of nitrogens with zero attached hydrogens (tertiary/aromatic N) is 1. The van der Waals surface area contributed by atoms with Gasteiger partial charge < -0.3 is 20.1 Å². The molecule has 30 heavy (non-hydrogen) atoms. The number of phenolic OH excluding ortho intramolecular Hbond substituents is 1. The molecular formula is C25H28N2O3. The molecule has 0 saturated carbocycles. The van der Waals surface area contributed by atoms with Gasteiger partial charge in [-0.3, -0.25) is 4.79 Å². The maximum absolute atomic E-state index is 12.8. The van der Waals surface area contributed by atoms with Crippen LogP contribution in [-0.4, -0.2) is 43.7 Å². The molecule has 3 aromatic rings. The van der Waals surface area contributed by atoms with Crippen molar-refractivity contribution in [2.24, 2.45) is 0 Å². The number of nitrogens with one attached hydrogen (secondary N) is 1. The number of carbonyl (C=O) groups excluding carboxylic acids is 1. The highest BCUT2D eigenvalue weighted by Crippen LogP contribution is 2.25. The number of phenols is 1. The van der Waals surface area contributed by atoms with Crippen molar-refractivity contribution < 1.29 is 14.6 Å². The molecule has 5 heteroatoms. The molecule has 0 aromatic heterocycles. The van der Waals surface area contributed by atoms with Gasteiger partial charge in [0.15, 0.2) is 0 Å². The minimum absolute atomic E-state index is 0.149. The molecular weight excluding hydrogens is 376 g/mol. The average molecular weight is 405 g/mol. The van der Waals surface area contributed by atoms with Gasteiger partial charge in [-0.25, -0.2) is 0 Å². The van der Waals surface area contributed by atoms with Gasteiger partial charge in [0.25, 0.3) is 5.91 Å². The number of benzene rings is 3. The van der Waals surface area contributed by atoms with Crippen LogP contribution in [0.15, 0.2) is 66.7 Å². The molecule has 1 amide bonds. The molecule has 0 aliphatic rings. The number of aryl methyl sites for hydroxylation is 1. The standard InChI is InChI=1S/C25H28N2O3/c1-27(2)16-4-5-20-17-21(10-15-24(20)30-3)25(29)26-22-11-6-18(7-12-22)19-8-13-23(28)14-9-19/h6-15,17,28H,4-5,16H2,1-3H3,(H,26,29). The highest BCUT2D eigenvalue weighted by molar-refractivity contribution is 6.04. The van der Waals surface area contributed by atoms with E-state index in [2.05, 4.69) is 10.2 Å². The number of hydrogen-bond donors (Lipinski definition) is 2. The highest BCUT2D eigenvalue weighted by Gasteiger charge is 2.11. The van der Waals surface area contributed by atoms with Gasteiger partial charge in [-0.2, -0.15) is 0 Å². The zero-order valence-corrected chi connectivity index (χ0v) is 17.7. The van der Waals surface area contributed by atoms with Crippen LogP contribution in [0.2, 0.25) is 0 Å². The van der Waals surface area contributed by atoms with Crippen LogP contribution in [0.4, 0.5) is 5.69 Å². The van der Waals surface area contributed by atoms with Crippen LogP contribution in [-0.2, 0) is 6.42 Å². The molecule has 0 atom stereocenters. The first kappa shape index (κ1) is 21.4. The average Bonchev–Trinajstić information content (AvgIpc) is 2.74. The molecule has 0 saturated heterocycles. The summed E-state index contributed by atoms with van der Waals surface area (Å²) in [5, 5.41) is 12.4. The van der Waals surface area contributed by atoms with Crippen molar-refractivity contribution in [2.75, 3.05) is 33.1 Å². The third kappa shape index (κ3) is 5.61. The molecule has 156 valence electrons. The molecule has 0 bridgehead atoms. The van der Waals surface area contributed by atoms with Gasteiger partial charge in [0.05, 0.1) is 7.11 Å². The van der Waals surface area contributed by atoms with Crippen LogP contribution in [0.1, 0.15) is 22.3 Å². The Balaban J connectivity index is 1.69. The number of methoxy groups -OCH3 is 1. The summed E-state index contributed by atoms with van der Waals surface area (Å²) in [5.74, 6) is 0.899. The molecule has 0 aliphatic carbocycles. The fraction of sp³-hybridized carbons (Fsp3) is 0.240. The Labute approximate surface area is 177 Å². The second-order valence-electron chi connectivity index (χ2n) is 7.51. The van der Waals surface area contributed by atoms with E-state index in [1.54, 1.807) is 25.3 Å². The number of carbonyl (C=O) groups is 1. The highest BCUT2D eigenvalue weighted by atomic mass is 16.5. The minimum Gasteiger partial charge on any atom is -0.508 e. The predicted octanol–water partition coefficient (Wildman–Crippen LogP) is 4.81. The van der Waals surface area contributed by atoms with E-state index in [0.717, 1.165) is 47.5 Å². The number of aromatic hydroxyl groups is 1. The van der Waals surface area contributed by atoms with Crippen LogP contribution >= 0.6 is 0 Å². The second-order valence-corrected chi connectivity index (χ2v) is 7.51. The first-order chi connectivity index (χ1) is 14.5. The summed E-state index contributed by atoms with van der Waals surface area (Å²) in [7, 11) is 5.75. The van der Waals surface area contributed by atoms with Crippen molar-refractivity contribution in [3.63, 3.8) is 0 Å². The SMILES string of the molecule is COc1ccc(C(=O)Nc2ccc(-c3ccc(O)cc3)cc2)cc1CCCN(C)C. The van der Waals surface area contributed by atoms with E-state index in [1.807, 2.05) is 62.6 Å². The normalized spacial score (nSPS) is 10.8. The van der Waals surface area contributed by atoms with E-state index < -0.39 is 0 Å². The molecule has 0 spiro atoms. The lowest BCUT2D eigenvalue weighted by Crippen LogP contribution is -2.14. The summed E-state index contributed by atoms with van der Waals surface area (Å²) < 4.78 is 5.46. The summed E-state index contributed by atoms with van der Waals surface area (Å²) in [6, 6.07) is 20.2. The number of rotatable bonds is 8. The molecule has 3 rings (SSSR count). The Morgan fingerprint density at radius 3 is 2.20 bits per heavy atom. The zero-order valence-electron chi connectivity index (χ0n) is 17.7. The van der Waals surface area contributed by atoms with Crippen molar-refractivity contribution in [1.29, 1.82) is 0 Å². The van der Waals surface area contributed by atoms with E-state index >= 15 is 0 Å². The van der Waals surface area contributed by atoms with Gasteiger partial charge in [-0.15, -0.1) is 0 Å². The van der Waals surface area contributed by atoms with Crippen molar-refractivity contribution in [3.05, 3.63) is 77.9 Å². The van der Waals surface area contributed by atoms with Gasteiger partial charge >= 0.3 is 0 Å². The number of anilines is 1. The van der Waals surface area contributed by atoms with Crippen molar-refractivity contribution >= 4 is 11.6 Å². The van der Waals surface area contributed by atoms with E-state index in [4.69, 9.17) is 4.74 Å². The van der Waals surface area contributed by atoms with E-state index in [0.29, 0.717) is 5.56 Å². The topological polar surface area (TPSA) is 61.8 Å². The van der Waals surface area contributed by atoms with Crippen LogP contribution in [0.25, 0.3) is 11.1 Å². The van der Waals surface area contributed by atoms with E-state index in [-0.39, 0.29) is 11.7 Å². The number of ether oxygens (including phenoxy) is 1. The van der Waals surface area contributed by atoms with Crippen molar-refractivity contribution in [1.82, 2.24) is 4.90 Å². The van der Waals surface area contributed by atoms with Gasteiger partial charge in [0, 0.05) is 11.3 Å². The quantitative estimate of drug-likeness (QED) is 0.565. The third-order valence-electron chi connectivity index (χ3n) is 4.94. The van der Waals surface area contributed by atoms with E-state index in [1.165, 1.54) is 0 Å². The van der Waals surface area contributed by atoms with Gasteiger partial charge in [0.1, 0.15) is 11.5 Å². The van der Waals surface area contributed by atoms with Crippen LogP contribution in [0.5, 0.6) is 11.5 Å². The lowest BCUT2D eigenvalue weighted by Gasteiger charge is -2.13. The Kier molecular flexibility index (Phi) is 7.09. The molecule has 2 N–H and O–H groups in total. The first-order valence-electron chi connectivity index (χ1n) is 9.99. The van der Waals surface area contributed by atoms with Crippen LogP contribution < -0.4 is 10.1 Å². The largest absolute Gasteiger partial charge is 0.508 e. The molecule has 0 aliphatic heterocycles. The van der Waals surface area contributed by atoms with Crippen LogP contribution in [0.3, 0.4) is 0 Å². The number of amides is 1. The van der Waals surface area contributed by atoms with E-state index in [9.17, 15) is 9.90 Å². The van der Waals surface area contributed by atoms with Crippen molar-refractivity contribution in [3.8, 4) is 22.6 Å². The second kappa shape index (κ2) is 9.94. The van der Waals surface area contributed by atoms with Gasteiger partial charge in [0.2, 0.25) is 0 Å². The maximum atomic E-state index is 12.8. The Hall–Kier alpha value is -3.31. The van der Waals surface area contributed by atoms with Gasteiger partial charge in [-0.1, -0.05) is 24.3 Å². The van der Waals surface area contributed by atoms with Gasteiger partial charge in [-0.05, 0) is 92.6 Å².